The first-order valence-corrected chi connectivity index (χ1v) is 10.9. The molecule has 0 amide bonds. The van der Waals surface area contributed by atoms with Crippen molar-refractivity contribution in [2.75, 3.05) is 14.2 Å². The molecule has 3 aromatic rings. The van der Waals surface area contributed by atoms with Gasteiger partial charge in [0.1, 0.15) is 11.5 Å². The Labute approximate surface area is 180 Å². The number of pyridine rings is 1. The summed E-state index contributed by atoms with van der Waals surface area (Å²) < 4.78 is 10.6. The Balaban J connectivity index is 1.56. The summed E-state index contributed by atoms with van der Waals surface area (Å²) >= 11 is 0. The molecule has 0 unspecified atom stereocenters. The molecule has 0 saturated carbocycles. The largest absolute Gasteiger partial charge is 0.497 e. The first-order valence-electron chi connectivity index (χ1n) is 10.9. The van der Waals surface area contributed by atoms with Crippen molar-refractivity contribution in [3.63, 3.8) is 0 Å². The van der Waals surface area contributed by atoms with Crippen molar-refractivity contribution in [2.24, 2.45) is 0 Å². The summed E-state index contributed by atoms with van der Waals surface area (Å²) in [7, 11) is 3.44. The first-order chi connectivity index (χ1) is 14.7. The average Bonchev–Trinajstić information content (AvgIpc) is 2.82. The van der Waals surface area contributed by atoms with E-state index < -0.39 is 0 Å². The zero-order valence-electron chi connectivity index (χ0n) is 18.1. The van der Waals surface area contributed by atoms with Gasteiger partial charge in [-0.25, -0.2) is 0 Å². The van der Waals surface area contributed by atoms with Gasteiger partial charge in [-0.2, -0.15) is 0 Å². The van der Waals surface area contributed by atoms with Crippen LogP contribution in [0.4, 0.5) is 0 Å². The van der Waals surface area contributed by atoms with Gasteiger partial charge in [-0.15, -0.1) is 0 Å². The highest BCUT2D eigenvalue weighted by Crippen LogP contribution is 2.44. The molecule has 0 atom stereocenters. The van der Waals surface area contributed by atoms with Gasteiger partial charge in [-0.1, -0.05) is 24.3 Å². The van der Waals surface area contributed by atoms with Gasteiger partial charge >= 0.3 is 0 Å². The summed E-state index contributed by atoms with van der Waals surface area (Å²) in [5.74, 6) is 1.84. The van der Waals surface area contributed by atoms with Crippen molar-refractivity contribution in [2.45, 2.75) is 50.4 Å². The van der Waals surface area contributed by atoms with Gasteiger partial charge in [0.2, 0.25) is 0 Å². The summed E-state index contributed by atoms with van der Waals surface area (Å²) in [5, 5.41) is 0. The number of aryl methyl sites for hydroxylation is 3. The van der Waals surface area contributed by atoms with Crippen LogP contribution in [0, 0.1) is 0 Å². The van der Waals surface area contributed by atoms with Crippen molar-refractivity contribution < 1.29 is 9.47 Å². The van der Waals surface area contributed by atoms with Crippen LogP contribution in [0.2, 0.25) is 0 Å². The molecule has 0 N–H and O–H groups in total. The average molecular weight is 402 g/mol. The van der Waals surface area contributed by atoms with E-state index in [1.807, 2.05) is 6.20 Å². The van der Waals surface area contributed by atoms with Gasteiger partial charge < -0.3 is 9.47 Å². The number of hydrogen-bond donors (Lipinski definition) is 0. The smallest absolute Gasteiger partial charge is 0.118 e. The number of fused-ring (bicyclic) bond motifs is 1. The standard InChI is InChI=1S/C27H31NO2/c1-29-24-9-5-21(6-10-24)13-17-27(16-3-4-23-20-28-19-15-26(23)27)18-14-22-7-11-25(30-2)12-8-22/h5-12,15,19-20H,3-4,13-14,16-18H2,1-2H3. The lowest BCUT2D eigenvalue weighted by Crippen LogP contribution is -2.32. The van der Waals surface area contributed by atoms with Crippen molar-refractivity contribution in [3.05, 3.63) is 89.2 Å². The Hall–Kier alpha value is -2.81. The molecular formula is C27H31NO2. The van der Waals surface area contributed by atoms with Crippen molar-refractivity contribution in [1.29, 1.82) is 0 Å². The molecule has 1 aliphatic carbocycles. The molecular weight excluding hydrogens is 370 g/mol. The van der Waals surface area contributed by atoms with Crippen LogP contribution in [0.5, 0.6) is 11.5 Å². The second-order valence-corrected chi connectivity index (χ2v) is 8.36. The van der Waals surface area contributed by atoms with E-state index in [1.54, 1.807) is 14.2 Å². The van der Waals surface area contributed by atoms with E-state index in [1.165, 1.54) is 35.1 Å². The minimum absolute atomic E-state index is 0.205. The fourth-order valence-electron chi connectivity index (χ4n) is 4.89. The van der Waals surface area contributed by atoms with Crippen LogP contribution in [0.25, 0.3) is 0 Å². The molecule has 3 heteroatoms. The quantitative estimate of drug-likeness (QED) is 0.468. The van der Waals surface area contributed by atoms with Gasteiger partial charge in [-0.3, -0.25) is 4.98 Å². The third-order valence-electron chi connectivity index (χ3n) is 6.68. The minimum Gasteiger partial charge on any atom is -0.497 e. The topological polar surface area (TPSA) is 31.4 Å². The van der Waals surface area contributed by atoms with Crippen LogP contribution in [0.15, 0.2) is 67.0 Å². The third-order valence-corrected chi connectivity index (χ3v) is 6.68. The van der Waals surface area contributed by atoms with Gasteiger partial charge in [0.25, 0.3) is 0 Å². The van der Waals surface area contributed by atoms with E-state index in [0.29, 0.717) is 0 Å². The van der Waals surface area contributed by atoms with E-state index in [0.717, 1.165) is 43.6 Å². The Kier molecular flexibility index (Phi) is 6.37. The highest BCUT2D eigenvalue weighted by atomic mass is 16.5. The van der Waals surface area contributed by atoms with E-state index in [-0.39, 0.29) is 5.41 Å². The van der Waals surface area contributed by atoms with Crippen LogP contribution in [0.3, 0.4) is 0 Å². The molecule has 0 bridgehead atoms. The van der Waals surface area contributed by atoms with Gasteiger partial charge in [0.15, 0.2) is 0 Å². The first kappa shape index (κ1) is 20.5. The number of nitrogens with zero attached hydrogens (tertiary/aromatic N) is 1. The molecule has 1 aromatic heterocycles. The maximum Gasteiger partial charge on any atom is 0.118 e. The molecule has 156 valence electrons. The Morgan fingerprint density at radius 3 is 1.90 bits per heavy atom. The van der Waals surface area contributed by atoms with E-state index >= 15 is 0 Å². The number of ether oxygens (including phenoxy) is 2. The maximum absolute atomic E-state index is 5.32. The van der Waals surface area contributed by atoms with Gasteiger partial charge in [0, 0.05) is 12.4 Å². The van der Waals surface area contributed by atoms with Crippen LogP contribution in [-0.4, -0.2) is 19.2 Å². The second-order valence-electron chi connectivity index (χ2n) is 8.36. The fourth-order valence-corrected chi connectivity index (χ4v) is 4.89. The molecule has 30 heavy (non-hydrogen) atoms. The normalized spacial score (nSPS) is 14.7. The Bertz CT molecular complexity index is 896. The number of hydrogen-bond acceptors (Lipinski definition) is 3. The van der Waals surface area contributed by atoms with E-state index in [4.69, 9.17) is 9.47 Å². The van der Waals surface area contributed by atoms with Crippen LogP contribution in [-0.2, 0) is 24.7 Å². The summed E-state index contributed by atoms with van der Waals surface area (Å²) in [5.41, 5.74) is 5.91. The van der Waals surface area contributed by atoms with E-state index in [2.05, 4.69) is 65.8 Å². The molecule has 0 aliphatic heterocycles. The zero-order valence-corrected chi connectivity index (χ0v) is 18.1. The molecule has 0 radical (unpaired) electrons. The fraction of sp³-hybridized carbons (Fsp3) is 0.370. The highest BCUT2D eigenvalue weighted by Gasteiger charge is 2.35. The molecule has 3 nitrogen and oxygen atoms in total. The Morgan fingerprint density at radius 1 is 0.800 bits per heavy atom. The predicted octanol–water partition coefficient (Wildman–Crippen LogP) is 5.94. The SMILES string of the molecule is COc1ccc(CCC2(CCc3ccc(OC)cc3)CCCc3cnccc32)cc1. The summed E-state index contributed by atoms with van der Waals surface area (Å²) in [6.45, 7) is 0. The van der Waals surface area contributed by atoms with Crippen LogP contribution < -0.4 is 9.47 Å². The zero-order chi connectivity index (χ0) is 20.8. The van der Waals surface area contributed by atoms with Crippen molar-refractivity contribution in [3.8, 4) is 11.5 Å². The number of aromatic nitrogens is 1. The molecule has 0 spiro atoms. The second kappa shape index (κ2) is 9.34. The summed E-state index contributed by atoms with van der Waals surface area (Å²) in [4.78, 5) is 4.41. The van der Waals surface area contributed by atoms with Gasteiger partial charge in [0.05, 0.1) is 14.2 Å². The molecule has 2 aromatic carbocycles. The lowest BCUT2D eigenvalue weighted by Gasteiger charge is -2.40. The van der Waals surface area contributed by atoms with Crippen LogP contribution in [0.1, 0.15) is 47.9 Å². The molecule has 4 rings (SSSR count). The number of methoxy groups -OCH3 is 2. The Morgan fingerprint density at radius 2 is 1.37 bits per heavy atom. The lowest BCUT2D eigenvalue weighted by molar-refractivity contribution is 0.310. The van der Waals surface area contributed by atoms with Crippen LogP contribution >= 0.6 is 0 Å². The minimum atomic E-state index is 0.205. The summed E-state index contributed by atoms with van der Waals surface area (Å²) in [6, 6.07) is 19.3. The number of benzene rings is 2. The van der Waals surface area contributed by atoms with E-state index in [9.17, 15) is 0 Å². The molecule has 0 saturated heterocycles. The van der Waals surface area contributed by atoms with Gasteiger partial charge in [-0.05, 0) is 103 Å². The lowest BCUT2D eigenvalue weighted by atomic mass is 9.65. The van der Waals surface area contributed by atoms with Crippen molar-refractivity contribution >= 4 is 0 Å². The highest BCUT2D eigenvalue weighted by molar-refractivity contribution is 5.36. The number of rotatable bonds is 8. The monoisotopic (exact) mass is 401 g/mol. The summed E-state index contributed by atoms with van der Waals surface area (Å²) in [6.07, 6.45) is 12.2. The third kappa shape index (κ3) is 4.51. The predicted molar refractivity (Wildman–Crippen MR) is 121 cm³/mol. The maximum atomic E-state index is 5.32. The molecule has 1 heterocycles. The van der Waals surface area contributed by atoms with Crippen molar-refractivity contribution in [1.82, 2.24) is 4.98 Å². The molecule has 0 fully saturated rings. The molecule has 1 aliphatic rings.